The molecule has 0 unspecified atom stereocenters. The molecular formula is C10H13NO3. The average molecular weight is 195 g/mol. The SMILES string of the molecule is Cc1oc(C=O)cc1CN1CC(O)C1. The van der Waals surface area contributed by atoms with Crippen LogP contribution in [0.3, 0.4) is 0 Å². The third-order valence-electron chi connectivity index (χ3n) is 2.49. The highest BCUT2D eigenvalue weighted by atomic mass is 16.3. The first kappa shape index (κ1) is 9.43. The predicted molar refractivity (Wildman–Crippen MR) is 50.1 cm³/mol. The van der Waals surface area contributed by atoms with Crippen LogP contribution >= 0.6 is 0 Å². The summed E-state index contributed by atoms with van der Waals surface area (Å²) in [5.74, 6) is 1.16. The molecule has 0 aromatic carbocycles. The molecule has 14 heavy (non-hydrogen) atoms. The number of rotatable bonds is 3. The first-order valence-corrected chi connectivity index (χ1v) is 4.64. The van der Waals surface area contributed by atoms with Gasteiger partial charge in [-0.05, 0) is 13.0 Å². The van der Waals surface area contributed by atoms with Gasteiger partial charge in [-0.1, -0.05) is 0 Å². The lowest BCUT2D eigenvalue weighted by molar-refractivity contribution is -0.00309. The molecule has 0 bridgehead atoms. The van der Waals surface area contributed by atoms with Crippen molar-refractivity contribution in [3.8, 4) is 0 Å². The van der Waals surface area contributed by atoms with Gasteiger partial charge < -0.3 is 9.52 Å². The van der Waals surface area contributed by atoms with Crippen LogP contribution in [0.15, 0.2) is 10.5 Å². The molecule has 0 amide bonds. The number of hydrogen-bond acceptors (Lipinski definition) is 4. The van der Waals surface area contributed by atoms with Crippen LogP contribution in [0.25, 0.3) is 0 Å². The van der Waals surface area contributed by atoms with Gasteiger partial charge in [0.15, 0.2) is 12.0 Å². The van der Waals surface area contributed by atoms with Crippen LogP contribution < -0.4 is 0 Å². The Morgan fingerprint density at radius 2 is 2.43 bits per heavy atom. The summed E-state index contributed by atoms with van der Waals surface area (Å²) in [6.07, 6.45) is 0.523. The van der Waals surface area contributed by atoms with Crippen molar-refractivity contribution in [1.29, 1.82) is 0 Å². The summed E-state index contributed by atoms with van der Waals surface area (Å²) in [6.45, 7) is 4.01. The van der Waals surface area contributed by atoms with Crippen LogP contribution in [0.2, 0.25) is 0 Å². The molecule has 4 heteroatoms. The second-order valence-electron chi connectivity index (χ2n) is 3.70. The summed E-state index contributed by atoms with van der Waals surface area (Å²) in [6, 6.07) is 1.76. The number of carbonyl (C=O) groups is 1. The number of nitrogens with zero attached hydrogens (tertiary/aromatic N) is 1. The van der Waals surface area contributed by atoms with E-state index in [1.54, 1.807) is 6.07 Å². The fourth-order valence-corrected chi connectivity index (χ4v) is 1.67. The van der Waals surface area contributed by atoms with E-state index < -0.39 is 0 Å². The zero-order chi connectivity index (χ0) is 10.1. The fourth-order valence-electron chi connectivity index (χ4n) is 1.67. The van der Waals surface area contributed by atoms with Gasteiger partial charge in [0, 0.05) is 25.2 Å². The van der Waals surface area contributed by atoms with Crippen LogP contribution in [-0.4, -0.2) is 35.5 Å². The Hall–Kier alpha value is -1.13. The van der Waals surface area contributed by atoms with Crippen LogP contribution in [0.1, 0.15) is 21.9 Å². The van der Waals surface area contributed by atoms with Crippen molar-refractivity contribution < 1.29 is 14.3 Å². The fraction of sp³-hybridized carbons (Fsp3) is 0.500. The zero-order valence-corrected chi connectivity index (χ0v) is 8.06. The Morgan fingerprint density at radius 1 is 1.71 bits per heavy atom. The number of hydrogen-bond donors (Lipinski definition) is 1. The molecular weight excluding hydrogens is 182 g/mol. The number of aldehydes is 1. The van der Waals surface area contributed by atoms with Crippen LogP contribution in [-0.2, 0) is 6.54 Å². The van der Waals surface area contributed by atoms with E-state index in [1.807, 2.05) is 6.92 Å². The number of aryl methyl sites for hydroxylation is 1. The van der Waals surface area contributed by atoms with E-state index >= 15 is 0 Å². The predicted octanol–water partition coefficient (Wildman–Crippen LogP) is 0.577. The average Bonchev–Trinajstić information content (AvgIpc) is 2.45. The molecule has 1 aliphatic heterocycles. The van der Waals surface area contributed by atoms with Crippen molar-refractivity contribution in [3.63, 3.8) is 0 Å². The van der Waals surface area contributed by atoms with Crippen LogP contribution in [0.4, 0.5) is 0 Å². The molecule has 0 atom stereocenters. The summed E-state index contributed by atoms with van der Waals surface area (Å²) in [4.78, 5) is 12.6. The normalized spacial score (nSPS) is 18.1. The largest absolute Gasteiger partial charge is 0.458 e. The maximum atomic E-state index is 10.4. The van der Waals surface area contributed by atoms with Gasteiger partial charge in [0.05, 0.1) is 6.10 Å². The molecule has 1 fully saturated rings. The first-order chi connectivity index (χ1) is 6.69. The van der Waals surface area contributed by atoms with Crippen molar-refractivity contribution in [2.24, 2.45) is 0 Å². The summed E-state index contributed by atoms with van der Waals surface area (Å²) >= 11 is 0. The highest BCUT2D eigenvalue weighted by Crippen LogP contribution is 2.18. The molecule has 0 saturated carbocycles. The molecule has 0 radical (unpaired) electrons. The number of likely N-dealkylation sites (tertiary alicyclic amines) is 1. The summed E-state index contributed by atoms with van der Waals surface area (Å²) < 4.78 is 5.20. The van der Waals surface area contributed by atoms with Gasteiger partial charge >= 0.3 is 0 Å². The lowest BCUT2D eigenvalue weighted by Gasteiger charge is -2.35. The number of aliphatic hydroxyl groups is 1. The lowest BCUT2D eigenvalue weighted by atomic mass is 10.1. The van der Waals surface area contributed by atoms with E-state index in [-0.39, 0.29) is 6.10 Å². The van der Waals surface area contributed by atoms with Crippen molar-refractivity contribution >= 4 is 6.29 Å². The Balaban J connectivity index is 2.01. The smallest absolute Gasteiger partial charge is 0.185 e. The number of aliphatic hydroxyl groups excluding tert-OH is 1. The highest BCUT2D eigenvalue weighted by molar-refractivity contribution is 5.71. The maximum absolute atomic E-state index is 10.4. The Kier molecular flexibility index (Phi) is 2.39. The summed E-state index contributed by atoms with van der Waals surface area (Å²) in [7, 11) is 0. The third-order valence-corrected chi connectivity index (χ3v) is 2.49. The van der Waals surface area contributed by atoms with Gasteiger partial charge in [-0.25, -0.2) is 0 Å². The quantitative estimate of drug-likeness (QED) is 0.717. The minimum absolute atomic E-state index is 0.187. The number of furan rings is 1. The lowest BCUT2D eigenvalue weighted by Crippen LogP contribution is -2.49. The van der Waals surface area contributed by atoms with Crippen LogP contribution in [0, 0.1) is 6.92 Å². The van der Waals surface area contributed by atoms with E-state index in [2.05, 4.69) is 4.90 Å². The van der Waals surface area contributed by atoms with Gasteiger partial charge in [0.25, 0.3) is 0 Å². The second-order valence-corrected chi connectivity index (χ2v) is 3.70. The molecule has 2 rings (SSSR count). The molecule has 0 spiro atoms. The third kappa shape index (κ3) is 1.71. The van der Waals surface area contributed by atoms with E-state index in [0.717, 1.165) is 17.9 Å². The Labute approximate surface area is 82.1 Å². The summed E-state index contributed by atoms with van der Waals surface area (Å²) in [5, 5.41) is 9.10. The van der Waals surface area contributed by atoms with Gasteiger partial charge in [0.1, 0.15) is 5.76 Å². The minimum Gasteiger partial charge on any atom is -0.458 e. The van der Waals surface area contributed by atoms with Crippen molar-refractivity contribution in [2.45, 2.75) is 19.6 Å². The molecule has 1 aromatic heterocycles. The zero-order valence-electron chi connectivity index (χ0n) is 8.06. The second kappa shape index (κ2) is 3.55. The van der Waals surface area contributed by atoms with Crippen LogP contribution in [0.5, 0.6) is 0 Å². The number of β-amino-alcohol motifs (C(OH)–C–C–N with tert-alkyl or cyclic N) is 1. The topological polar surface area (TPSA) is 53.7 Å². The first-order valence-electron chi connectivity index (χ1n) is 4.64. The van der Waals surface area contributed by atoms with Crippen molar-refractivity contribution in [2.75, 3.05) is 13.1 Å². The minimum atomic E-state index is -0.187. The van der Waals surface area contributed by atoms with E-state index in [1.165, 1.54) is 0 Å². The monoisotopic (exact) mass is 195 g/mol. The standard InChI is InChI=1S/C10H13NO3/c1-7-8(2-10(6-12)14-7)3-11-4-9(13)5-11/h2,6,9,13H,3-5H2,1H3. The van der Waals surface area contributed by atoms with E-state index in [4.69, 9.17) is 9.52 Å². The van der Waals surface area contributed by atoms with Crippen molar-refractivity contribution in [1.82, 2.24) is 4.90 Å². The van der Waals surface area contributed by atoms with E-state index in [0.29, 0.717) is 25.1 Å². The highest BCUT2D eigenvalue weighted by Gasteiger charge is 2.25. The van der Waals surface area contributed by atoms with Gasteiger partial charge in [-0.3, -0.25) is 9.69 Å². The molecule has 1 aliphatic rings. The Bertz CT molecular complexity index is 339. The molecule has 0 aliphatic carbocycles. The molecule has 76 valence electrons. The van der Waals surface area contributed by atoms with Gasteiger partial charge in [-0.2, -0.15) is 0 Å². The molecule has 1 saturated heterocycles. The van der Waals surface area contributed by atoms with Crippen molar-refractivity contribution in [3.05, 3.63) is 23.2 Å². The number of carbonyl (C=O) groups excluding carboxylic acids is 1. The molecule has 1 N–H and O–H groups in total. The van der Waals surface area contributed by atoms with Gasteiger partial charge in [0.2, 0.25) is 0 Å². The Morgan fingerprint density at radius 3 is 2.93 bits per heavy atom. The molecule has 4 nitrogen and oxygen atoms in total. The molecule has 2 heterocycles. The summed E-state index contributed by atoms with van der Waals surface area (Å²) in [5.41, 5.74) is 1.03. The maximum Gasteiger partial charge on any atom is 0.185 e. The van der Waals surface area contributed by atoms with Gasteiger partial charge in [-0.15, -0.1) is 0 Å². The van der Waals surface area contributed by atoms with E-state index in [9.17, 15) is 4.79 Å². The molecule has 1 aromatic rings.